The molecular weight excluding hydrogens is 370 g/mol. The minimum absolute atomic E-state index is 0.0327. The molecule has 6 nitrogen and oxygen atoms in total. The van der Waals surface area contributed by atoms with E-state index in [1.807, 2.05) is 6.07 Å². The van der Waals surface area contributed by atoms with Crippen LogP contribution >= 0.6 is 11.6 Å². The minimum Gasteiger partial charge on any atom is -0.497 e. The standard InChI is InChI=1S/C20H20ClNO5/c1-26-13-7-8-17(27-2)15(9-13)14-10-16(14)19(23)22-18(20(24)25)11-3-5-12(21)6-4-11/h3-9,14,16,18H,10H2,1-2H3,(H,22,23)(H,24,25). The molecule has 2 N–H and O–H groups in total. The van der Waals surface area contributed by atoms with Gasteiger partial charge in [-0.3, -0.25) is 4.79 Å². The molecule has 27 heavy (non-hydrogen) atoms. The zero-order valence-corrected chi connectivity index (χ0v) is 15.7. The predicted molar refractivity (Wildman–Crippen MR) is 100 cm³/mol. The number of rotatable bonds is 7. The third-order valence-electron chi connectivity index (χ3n) is 4.70. The summed E-state index contributed by atoms with van der Waals surface area (Å²) in [6.07, 6.45) is 0.627. The Labute approximate surface area is 162 Å². The maximum Gasteiger partial charge on any atom is 0.330 e. The van der Waals surface area contributed by atoms with Crippen molar-refractivity contribution < 1.29 is 24.2 Å². The lowest BCUT2D eigenvalue weighted by Crippen LogP contribution is -2.35. The van der Waals surface area contributed by atoms with Crippen molar-refractivity contribution in [3.05, 3.63) is 58.6 Å². The first-order chi connectivity index (χ1) is 12.9. The van der Waals surface area contributed by atoms with Crippen LogP contribution in [0.15, 0.2) is 42.5 Å². The number of halogens is 1. The van der Waals surface area contributed by atoms with Crippen molar-refractivity contribution in [3.63, 3.8) is 0 Å². The molecule has 3 atom stereocenters. The number of amides is 1. The van der Waals surface area contributed by atoms with Crippen LogP contribution in [0, 0.1) is 5.92 Å². The van der Waals surface area contributed by atoms with E-state index < -0.39 is 12.0 Å². The van der Waals surface area contributed by atoms with Gasteiger partial charge in [0.25, 0.3) is 0 Å². The van der Waals surface area contributed by atoms with Crippen LogP contribution in [-0.4, -0.2) is 31.2 Å². The molecular formula is C20H20ClNO5. The minimum atomic E-state index is -1.12. The first kappa shape index (κ1) is 19.0. The first-order valence-electron chi connectivity index (χ1n) is 8.45. The molecule has 3 rings (SSSR count). The van der Waals surface area contributed by atoms with Gasteiger partial charge in [0.2, 0.25) is 5.91 Å². The van der Waals surface area contributed by atoms with E-state index in [-0.39, 0.29) is 17.7 Å². The topological polar surface area (TPSA) is 84.9 Å². The second-order valence-electron chi connectivity index (χ2n) is 6.39. The molecule has 1 amide bonds. The highest BCUT2D eigenvalue weighted by molar-refractivity contribution is 6.30. The van der Waals surface area contributed by atoms with Gasteiger partial charge < -0.3 is 19.9 Å². The van der Waals surface area contributed by atoms with Crippen molar-refractivity contribution in [1.82, 2.24) is 5.32 Å². The van der Waals surface area contributed by atoms with Crippen LogP contribution in [-0.2, 0) is 9.59 Å². The zero-order chi connectivity index (χ0) is 19.6. The number of hydrogen-bond acceptors (Lipinski definition) is 4. The number of methoxy groups -OCH3 is 2. The molecule has 2 aromatic rings. The highest BCUT2D eigenvalue weighted by Crippen LogP contribution is 2.51. The monoisotopic (exact) mass is 389 g/mol. The Morgan fingerprint density at radius 1 is 1.15 bits per heavy atom. The number of benzene rings is 2. The maximum absolute atomic E-state index is 12.6. The van der Waals surface area contributed by atoms with Gasteiger partial charge in [-0.1, -0.05) is 23.7 Å². The zero-order valence-electron chi connectivity index (χ0n) is 14.9. The molecule has 7 heteroatoms. The SMILES string of the molecule is COc1ccc(OC)c(C2CC2C(=O)NC(C(=O)O)c2ccc(Cl)cc2)c1. The average molecular weight is 390 g/mol. The fourth-order valence-corrected chi connectivity index (χ4v) is 3.28. The second-order valence-corrected chi connectivity index (χ2v) is 6.82. The fourth-order valence-electron chi connectivity index (χ4n) is 3.15. The molecule has 0 aliphatic heterocycles. The Bertz CT molecular complexity index is 852. The first-order valence-corrected chi connectivity index (χ1v) is 8.83. The maximum atomic E-state index is 12.6. The smallest absolute Gasteiger partial charge is 0.330 e. The van der Waals surface area contributed by atoms with Crippen LogP contribution in [0.5, 0.6) is 11.5 Å². The number of ether oxygens (including phenoxy) is 2. The fraction of sp³-hybridized carbons (Fsp3) is 0.300. The number of carbonyl (C=O) groups excluding carboxylic acids is 1. The van der Waals surface area contributed by atoms with Gasteiger partial charge in [0.05, 0.1) is 14.2 Å². The van der Waals surface area contributed by atoms with E-state index in [2.05, 4.69) is 5.32 Å². The molecule has 1 fully saturated rings. The summed E-state index contributed by atoms with van der Waals surface area (Å²) in [7, 11) is 3.15. The van der Waals surface area contributed by atoms with Gasteiger partial charge in [-0.25, -0.2) is 4.79 Å². The van der Waals surface area contributed by atoms with Crippen molar-refractivity contribution in [2.45, 2.75) is 18.4 Å². The summed E-state index contributed by atoms with van der Waals surface area (Å²) in [5.41, 5.74) is 1.35. The van der Waals surface area contributed by atoms with Crippen molar-refractivity contribution >= 4 is 23.5 Å². The molecule has 1 saturated carbocycles. The van der Waals surface area contributed by atoms with E-state index in [0.29, 0.717) is 28.5 Å². The Morgan fingerprint density at radius 2 is 1.85 bits per heavy atom. The molecule has 0 heterocycles. The van der Waals surface area contributed by atoms with Crippen molar-refractivity contribution in [2.75, 3.05) is 14.2 Å². The number of carboxylic acid groups (broad SMARTS) is 1. The summed E-state index contributed by atoms with van der Waals surface area (Å²) in [4.78, 5) is 24.2. The highest BCUT2D eigenvalue weighted by Gasteiger charge is 2.46. The molecule has 0 aromatic heterocycles. The molecule has 0 radical (unpaired) electrons. The van der Waals surface area contributed by atoms with Gasteiger partial charge in [-0.15, -0.1) is 0 Å². The third-order valence-corrected chi connectivity index (χ3v) is 4.95. The van der Waals surface area contributed by atoms with Gasteiger partial charge in [0, 0.05) is 22.4 Å². The normalized spacial score (nSPS) is 19.1. The lowest BCUT2D eigenvalue weighted by molar-refractivity contribution is -0.142. The number of carbonyl (C=O) groups is 2. The second kappa shape index (κ2) is 7.88. The van der Waals surface area contributed by atoms with Crippen LogP contribution < -0.4 is 14.8 Å². The van der Waals surface area contributed by atoms with Crippen molar-refractivity contribution in [3.8, 4) is 11.5 Å². The highest BCUT2D eigenvalue weighted by atomic mass is 35.5. The summed E-state index contributed by atoms with van der Waals surface area (Å²) in [6.45, 7) is 0. The third kappa shape index (κ3) is 4.17. The van der Waals surface area contributed by atoms with Crippen LogP contribution in [0.4, 0.5) is 0 Å². The Hall–Kier alpha value is -2.73. The van der Waals surface area contributed by atoms with Crippen LogP contribution in [0.2, 0.25) is 5.02 Å². The summed E-state index contributed by atoms with van der Waals surface area (Å²) in [5, 5.41) is 12.6. The average Bonchev–Trinajstić information content (AvgIpc) is 3.47. The quantitative estimate of drug-likeness (QED) is 0.758. The molecule has 3 unspecified atom stereocenters. The number of carboxylic acids is 1. The van der Waals surface area contributed by atoms with Gasteiger partial charge in [-0.2, -0.15) is 0 Å². The largest absolute Gasteiger partial charge is 0.497 e. The lowest BCUT2D eigenvalue weighted by Gasteiger charge is -2.15. The summed E-state index contributed by atoms with van der Waals surface area (Å²) in [6, 6.07) is 10.7. The predicted octanol–water partition coefficient (Wildman–Crippen LogP) is 3.40. The Balaban J connectivity index is 1.74. The van der Waals surface area contributed by atoms with Gasteiger partial charge in [0.15, 0.2) is 6.04 Å². The van der Waals surface area contributed by atoms with Crippen molar-refractivity contribution in [1.29, 1.82) is 0 Å². The van der Waals surface area contributed by atoms with E-state index in [0.717, 1.165) is 5.56 Å². The van der Waals surface area contributed by atoms with Crippen molar-refractivity contribution in [2.24, 2.45) is 5.92 Å². The van der Waals surface area contributed by atoms with Crippen LogP contribution in [0.25, 0.3) is 0 Å². The van der Waals surface area contributed by atoms with Crippen LogP contribution in [0.3, 0.4) is 0 Å². The van der Waals surface area contributed by atoms with Gasteiger partial charge in [-0.05, 0) is 42.3 Å². The molecule has 1 aliphatic rings. The van der Waals surface area contributed by atoms with Crippen LogP contribution in [0.1, 0.15) is 29.5 Å². The van der Waals surface area contributed by atoms with E-state index in [4.69, 9.17) is 21.1 Å². The summed E-state index contributed by atoms with van der Waals surface area (Å²) >= 11 is 5.85. The van der Waals surface area contributed by atoms with E-state index >= 15 is 0 Å². The molecule has 0 saturated heterocycles. The Morgan fingerprint density at radius 3 is 2.44 bits per heavy atom. The van der Waals surface area contributed by atoms with E-state index in [9.17, 15) is 14.7 Å². The van der Waals surface area contributed by atoms with Gasteiger partial charge in [0.1, 0.15) is 11.5 Å². The van der Waals surface area contributed by atoms with E-state index in [1.54, 1.807) is 50.6 Å². The number of hydrogen-bond donors (Lipinski definition) is 2. The summed E-state index contributed by atoms with van der Waals surface area (Å²) in [5.74, 6) is -0.394. The Kier molecular flexibility index (Phi) is 5.56. The molecule has 2 aromatic carbocycles. The lowest BCUT2D eigenvalue weighted by atomic mass is 10.1. The molecule has 0 spiro atoms. The number of nitrogens with one attached hydrogen (secondary N) is 1. The van der Waals surface area contributed by atoms with E-state index in [1.165, 1.54) is 0 Å². The van der Waals surface area contributed by atoms with Gasteiger partial charge >= 0.3 is 5.97 Å². The summed E-state index contributed by atoms with van der Waals surface area (Å²) < 4.78 is 10.6. The molecule has 1 aliphatic carbocycles. The number of aliphatic carboxylic acids is 1. The molecule has 0 bridgehead atoms. The molecule has 142 valence electrons.